The molecule has 1 heterocycles. The number of nitrogens with zero attached hydrogens (tertiary/aromatic N) is 2. The van der Waals surface area contributed by atoms with Gasteiger partial charge in [-0.05, 0) is 31.1 Å². The molecule has 1 aromatic heterocycles. The highest BCUT2D eigenvalue weighted by Crippen LogP contribution is 2.40. The molecule has 2 saturated carbocycles. The van der Waals surface area contributed by atoms with Crippen LogP contribution in [0, 0.1) is 11.8 Å². The molecule has 2 fully saturated rings. The molecule has 0 spiro atoms. The van der Waals surface area contributed by atoms with Crippen LogP contribution in [0.1, 0.15) is 50.8 Å². The van der Waals surface area contributed by atoms with E-state index in [1.807, 2.05) is 0 Å². The van der Waals surface area contributed by atoms with Gasteiger partial charge in [-0.15, -0.1) is 0 Å². The average Bonchev–Trinajstić information content (AvgIpc) is 2.89. The zero-order valence-electron chi connectivity index (χ0n) is 10.3. The van der Waals surface area contributed by atoms with Gasteiger partial charge in [-0.3, -0.25) is 0 Å². The molecule has 2 aliphatic carbocycles. The van der Waals surface area contributed by atoms with Gasteiger partial charge >= 0.3 is 0 Å². The van der Waals surface area contributed by atoms with Crippen molar-refractivity contribution in [3.8, 4) is 0 Å². The van der Waals surface area contributed by atoms with Gasteiger partial charge in [0.1, 0.15) is 0 Å². The minimum atomic E-state index is 0.660. The van der Waals surface area contributed by atoms with E-state index in [9.17, 15) is 0 Å². The van der Waals surface area contributed by atoms with Gasteiger partial charge in [0.25, 0.3) is 0 Å². The van der Waals surface area contributed by atoms with Crippen LogP contribution < -0.4 is 5.32 Å². The monoisotopic (exact) mass is 235 g/mol. The van der Waals surface area contributed by atoms with Crippen molar-refractivity contribution in [2.75, 3.05) is 0 Å². The summed E-state index contributed by atoms with van der Waals surface area (Å²) in [6, 6.07) is 0.660. The van der Waals surface area contributed by atoms with Gasteiger partial charge in [-0.1, -0.05) is 30.8 Å². The summed E-state index contributed by atoms with van der Waals surface area (Å²) in [6.45, 7) is 0.749. The summed E-state index contributed by atoms with van der Waals surface area (Å²) in [5.74, 6) is 2.77. The van der Waals surface area contributed by atoms with Crippen LogP contribution in [-0.4, -0.2) is 16.2 Å². The van der Waals surface area contributed by atoms with Crippen LogP contribution in [0.25, 0.3) is 0 Å². The van der Waals surface area contributed by atoms with Gasteiger partial charge in [-0.25, -0.2) is 0 Å². The van der Waals surface area contributed by atoms with E-state index in [1.54, 1.807) is 0 Å². The molecule has 0 radical (unpaired) electrons. The minimum Gasteiger partial charge on any atom is -0.343 e. The number of fused-ring (bicyclic) bond motifs is 1. The molecule has 4 nitrogen and oxygen atoms in total. The Hall–Kier alpha value is -0.900. The van der Waals surface area contributed by atoms with Crippen LogP contribution in [-0.2, 0) is 6.54 Å². The smallest absolute Gasteiger partial charge is 0.213 e. The molecule has 94 valence electrons. The molecule has 0 amide bonds. The fourth-order valence-corrected chi connectivity index (χ4v) is 3.56. The van der Waals surface area contributed by atoms with Gasteiger partial charge in [0.2, 0.25) is 6.39 Å². The summed E-state index contributed by atoms with van der Waals surface area (Å²) < 4.78 is 4.74. The third-order valence-corrected chi connectivity index (χ3v) is 4.50. The van der Waals surface area contributed by atoms with Crippen LogP contribution in [0.5, 0.6) is 0 Å². The van der Waals surface area contributed by atoms with Crippen LogP contribution >= 0.6 is 0 Å². The van der Waals surface area contributed by atoms with Gasteiger partial charge in [-0.2, -0.15) is 4.98 Å². The maximum Gasteiger partial charge on any atom is 0.213 e. The van der Waals surface area contributed by atoms with Gasteiger partial charge in [0.05, 0.1) is 6.54 Å². The molecule has 1 N–H and O–H groups in total. The fourth-order valence-electron chi connectivity index (χ4n) is 3.56. The molecule has 3 atom stereocenters. The Balaban J connectivity index is 1.48. The van der Waals surface area contributed by atoms with E-state index in [-0.39, 0.29) is 0 Å². The Labute approximate surface area is 102 Å². The highest BCUT2D eigenvalue weighted by molar-refractivity contribution is 4.87. The average molecular weight is 235 g/mol. The molecule has 17 heavy (non-hydrogen) atoms. The lowest BCUT2D eigenvalue weighted by Gasteiger charge is -2.39. The van der Waals surface area contributed by atoms with Crippen molar-refractivity contribution in [2.45, 2.75) is 57.5 Å². The fraction of sp³-hybridized carbons (Fsp3) is 0.846. The summed E-state index contributed by atoms with van der Waals surface area (Å²) in [5.41, 5.74) is 0. The molecule has 4 heteroatoms. The Morgan fingerprint density at radius 2 is 2.06 bits per heavy atom. The Kier molecular flexibility index (Phi) is 3.41. The van der Waals surface area contributed by atoms with E-state index < -0.39 is 0 Å². The minimum absolute atomic E-state index is 0.660. The van der Waals surface area contributed by atoms with Crippen LogP contribution in [0.2, 0.25) is 0 Å². The lowest BCUT2D eigenvalue weighted by Crippen LogP contribution is -2.38. The molecule has 3 unspecified atom stereocenters. The predicted molar refractivity (Wildman–Crippen MR) is 64.2 cm³/mol. The Morgan fingerprint density at radius 1 is 1.18 bits per heavy atom. The van der Waals surface area contributed by atoms with Gasteiger partial charge in [0, 0.05) is 6.04 Å². The lowest BCUT2D eigenvalue weighted by atomic mass is 9.69. The molecule has 0 saturated heterocycles. The van der Waals surface area contributed by atoms with Crippen molar-refractivity contribution >= 4 is 0 Å². The van der Waals surface area contributed by atoms with E-state index in [1.165, 1.54) is 51.3 Å². The predicted octanol–water partition coefficient (Wildman–Crippen LogP) is 2.52. The number of rotatable bonds is 3. The third-order valence-electron chi connectivity index (χ3n) is 4.50. The SMILES string of the molecule is c1nc(CNC2CCC3CCCCC3C2)no1. The summed E-state index contributed by atoms with van der Waals surface area (Å²) in [5, 5.41) is 7.41. The summed E-state index contributed by atoms with van der Waals surface area (Å²) >= 11 is 0. The van der Waals surface area contributed by atoms with Crippen molar-refractivity contribution in [1.29, 1.82) is 0 Å². The van der Waals surface area contributed by atoms with Crippen LogP contribution in [0.4, 0.5) is 0 Å². The van der Waals surface area contributed by atoms with E-state index >= 15 is 0 Å². The van der Waals surface area contributed by atoms with E-state index in [0.29, 0.717) is 6.04 Å². The second-order valence-corrected chi connectivity index (χ2v) is 5.54. The van der Waals surface area contributed by atoms with Crippen LogP contribution in [0.15, 0.2) is 10.9 Å². The van der Waals surface area contributed by atoms with E-state index in [0.717, 1.165) is 24.2 Å². The Morgan fingerprint density at radius 3 is 2.88 bits per heavy atom. The normalized spacial score (nSPS) is 33.3. The molecule has 0 aliphatic heterocycles. The maximum absolute atomic E-state index is 4.74. The molecule has 1 aromatic rings. The van der Waals surface area contributed by atoms with Crippen LogP contribution in [0.3, 0.4) is 0 Å². The van der Waals surface area contributed by atoms with Gasteiger partial charge in [0.15, 0.2) is 5.82 Å². The maximum atomic E-state index is 4.74. The molecule has 3 rings (SSSR count). The zero-order chi connectivity index (χ0) is 11.5. The number of hydrogen-bond acceptors (Lipinski definition) is 4. The highest BCUT2D eigenvalue weighted by Gasteiger charge is 2.31. The number of nitrogens with one attached hydrogen (secondary N) is 1. The first kappa shape index (κ1) is 11.2. The van der Waals surface area contributed by atoms with Crippen molar-refractivity contribution in [2.24, 2.45) is 11.8 Å². The summed E-state index contributed by atoms with van der Waals surface area (Å²) in [7, 11) is 0. The first-order valence-electron chi connectivity index (χ1n) is 6.90. The van der Waals surface area contributed by atoms with Crippen molar-refractivity contribution < 1.29 is 4.52 Å². The van der Waals surface area contributed by atoms with Crippen molar-refractivity contribution in [3.63, 3.8) is 0 Å². The zero-order valence-corrected chi connectivity index (χ0v) is 10.3. The standard InChI is InChI=1S/C13H21N3O/c1-2-4-11-7-12(6-5-10(11)3-1)14-8-13-15-9-17-16-13/h9-12,14H,1-8H2. The number of hydrogen-bond donors (Lipinski definition) is 1. The molecule has 0 aromatic carbocycles. The molecule has 2 aliphatic rings. The first-order valence-corrected chi connectivity index (χ1v) is 6.90. The number of aromatic nitrogens is 2. The largest absolute Gasteiger partial charge is 0.343 e. The molecular weight excluding hydrogens is 214 g/mol. The first-order chi connectivity index (χ1) is 8.42. The van der Waals surface area contributed by atoms with Crippen molar-refractivity contribution in [3.05, 3.63) is 12.2 Å². The van der Waals surface area contributed by atoms with Crippen molar-refractivity contribution in [1.82, 2.24) is 15.5 Å². The topological polar surface area (TPSA) is 51.0 Å². The lowest BCUT2D eigenvalue weighted by molar-refractivity contribution is 0.143. The van der Waals surface area contributed by atoms with E-state index in [2.05, 4.69) is 15.5 Å². The second-order valence-electron chi connectivity index (χ2n) is 5.54. The second kappa shape index (κ2) is 5.17. The molecule has 0 bridgehead atoms. The third kappa shape index (κ3) is 2.68. The quantitative estimate of drug-likeness (QED) is 0.874. The highest BCUT2D eigenvalue weighted by atomic mass is 16.5. The summed E-state index contributed by atoms with van der Waals surface area (Å²) in [4.78, 5) is 4.04. The van der Waals surface area contributed by atoms with Gasteiger partial charge < -0.3 is 9.84 Å². The Bertz CT molecular complexity index is 338. The van der Waals surface area contributed by atoms with E-state index in [4.69, 9.17) is 4.52 Å². The summed E-state index contributed by atoms with van der Waals surface area (Å²) in [6.07, 6.45) is 11.3. The molecular formula is C13H21N3O.